The second kappa shape index (κ2) is 6.01. The van der Waals surface area contributed by atoms with E-state index in [0.29, 0.717) is 11.3 Å². The van der Waals surface area contributed by atoms with Gasteiger partial charge in [0.1, 0.15) is 12.1 Å². The van der Waals surface area contributed by atoms with Crippen LogP contribution in [0.3, 0.4) is 0 Å². The van der Waals surface area contributed by atoms with Gasteiger partial charge in [-0.1, -0.05) is 6.07 Å². The van der Waals surface area contributed by atoms with Gasteiger partial charge in [-0.05, 0) is 25.2 Å². The van der Waals surface area contributed by atoms with E-state index in [9.17, 15) is 9.18 Å². The second-order valence-electron chi connectivity index (χ2n) is 3.87. The molecule has 2 aromatic rings. The third-order valence-electron chi connectivity index (χ3n) is 2.46. The largest absolute Gasteiger partial charge is 0.322 e. The maximum absolute atomic E-state index is 13.9. The molecule has 98 valence electrons. The molecule has 1 heterocycles. The third kappa shape index (κ3) is 3.32. The average molecular weight is 260 g/mol. The van der Waals surface area contributed by atoms with Crippen LogP contribution in [0, 0.1) is 5.82 Å². The Balaban J connectivity index is 2.20. The molecule has 5 nitrogen and oxygen atoms in total. The van der Waals surface area contributed by atoms with Crippen molar-refractivity contribution in [2.24, 2.45) is 0 Å². The Kier molecular flexibility index (Phi) is 4.15. The number of hydrogen-bond donors (Lipinski definition) is 2. The molecular formula is C13H13FN4O. The van der Waals surface area contributed by atoms with Gasteiger partial charge in [0.2, 0.25) is 5.91 Å². The first-order chi connectivity index (χ1) is 9.20. The van der Waals surface area contributed by atoms with Gasteiger partial charge in [-0.25, -0.2) is 14.4 Å². The zero-order valence-corrected chi connectivity index (χ0v) is 10.4. The molecule has 2 N–H and O–H groups in total. The van der Waals surface area contributed by atoms with Gasteiger partial charge in [-0.3, -0.25) is 4.79 Å². The van der Waals surface area contributed by atoms with Gasteiger partial charge < -0.3 is 10.6 Å². The quantitative estimate of drug-likeness (QED) is 0.873. The minimum absolute atomic E-state index is 0.132. The van der Waals surface area contributed by atoms with E-state index < -0.39 is 5.82 Å². The lowest BCUT2D eigenvalue weighted by Crippen LogP contribution is -2.25. The van der Waals surface area contributed by atoms with Crippen LogP contribution in [0.15, 0.2) is 36.8 Å². The third-order valence-corrected chi connectivity index (χ3v) is 2.46. The number of nitrogens with one attached hydrogen (secondary N) is 2. The van der Waals surface area contributed by atoms with Crippen LogP contribution in [0.4, 0.5) is 10.1 Å². The zero-order chi connectivity index (χ0) is 13.7. The van der Waals surface area contributed by atoms with Gasteiger partial charge in [0.25, 0.3) is 0 Å². The van der Waals surface area contributed by atoms with Crippen molar-refractivity contribution < 1.29 is 9.18 Å². The topological polar surface area (TPSA) is 66.9 Å². The second-order valence-corrected chi connectivity index (χ2v) is 3.87. The summed E-state index contributed by atoms with van der Waals surface area (Å²) in [4.78, 5) is 19.2. The van der Waals surface area contributed by atoms with E-state index in [2.05, 4.69) is 20.6 Å². The smallest absolute Gasteiger partial charge is 0.238 e. The number of nitrogens with zero attached hydrogens (tertiary/aromatic N) is 2. The molecule has 0 aliphatic rings. The summed E-state index contributed by atoms with van der Waals surface area (Å²) in [5.41, 5.74) is 1.41. The van der Waals surface area contributed by atoms with E-state index in [1.165, 1.54) is 18.5 Å². The lowest BCUT2D eigenvalue weighted by atomic mass is 10.1. The number of aromatic nitrogens is 2. The number of carbonyl (C=O) groups excluding carboxylic acids is 1. The summed E-state index contributed by atoms with van der Waals surface area (Å²) in [5, 5.41) is 5.17. The molecule has 0 aliphatic heterocycles. The maximum atomic E-state index is 13.9. The van der Waals surface area contributed by atoms with Gasteiger partial charge >= 0.3 is 0 Å². The molecule has 0 fully saturated rings. The van der Waals surface area contributed by atoms with Crippen molar-refractivity contribution in [1.29, 1.82) is 0 Å². The molecule has 0 unspecified atom stereocenters. The molecule has 0 atom stereocenters. The predicted molar refractivity (Wildman–Crippen MR) is 70.0 cm³/mol. The number of hydrogen-bond acceptors (Lipinski definition) is 4. The standard InChI is InChI=1S/C13H13FN4O/c1-15-7-13(19)18-12-3-2-9(6-10(12)14)11-4-5-16-8-17-11/h2-6,8,15H,7H2,1H3,(H,18,19). The van der Waals surface area contributed by atoms with E-state index in [0.717, 1.165) is 0 Å². The number of likely N-dealkylation sites (N-methyl/N-ethyl adjacent to an activating group) is 1. The van der Waals surface area contributed by atoms with Crippen LogP contribution in [-0.4, -0.2) is 29.5 Å². The number of amides is 1. The van der Waals surface area contributed by atoms with E-state index >= 15 is 0 Å². The van der Waals surface area contributed by atoms with Gasteiger partial charge in [0.15, 0.2) is 0 Å². The summed E-state index contributed by atoms with van der Waals surface area (Å²) in [6, 6.07) is 6.23. The van der Waals surface area contributed by atoms with Crippen LogP contribution in [0.25, 0.3) is 11.3 Å². The monoisotopic (exact) mass is 260 g/mol. The van der Waals surface area contributed by atoms with Crippen LogP contribution in [-0.2, 0) is 4.79 Å². The molecular weight excluding hydrogens is 247 g/mol. The Labute approximate surface area is 109 Å². The molecule has 1 aromatic heterocycles. The van der Waals surface area contributed by atoms with Crippen molar-refractivity contribution in [2.45, 2.75) is 0 Å². The number of carbonyl (C=O) groups is 1. The van der Waals surface area contributed by atoms with Crippen molar-refractivity contribution in [3.63, 3.8) is 0 Å². The first-order valence-corrected chi connectivity index (χ1v) is 5.71. The SMILES string of the molecule is CNCC(=O)Nc1ccc(-c2ccncn2)cc1F. The van der Waals surface area contributed by atoms with E-state index in [-0.39, 0.29) is 18.1 Å². The molecule has 0 saturated heterocycles. The summed E-state index contributed by atoms with van der Waals surface area (Å²) < 4.78 is 13.9. The Morgan fingerprint density at radius 1 is 1.37 bits per heavy atom. The first kappa shape index (κ1) is 13.1. The molecule has 1 amide bonds. The predicted octanol–water partition coefficient (Wildman–Crippen LogP) is 1.44. The number of anilines is 1. The average Bonchev–Trinajstić information content (AvgIpc) is 2.42. The van der Waals surface area contributed by atoms with Crippen LogP contribution >= 0.6 is 0 Å². The molecule has 2 rings (SSSR count). The highest BCUT2D eigenvalue weighted by molar-refractivity contribution is 5.92. The maximum Gasteiger partial charge on any atom is 0.238 e. The number of rotatable bonds is 4. The molecule has 0 saturated carbocycles. The van der Waals surface area contributed by atoms with Crippen molar-refractivity contribution in [1.82, 2.24) is 15.3 Å². The van der Waals surface area contributed by atoms with Crippen molar-refractivity contribution in [3.05, 3.63) is 42.6 Å². The molecule has 0 bridgehead atoms. The van der Waals surface area contributed by atoms with Crippen LogP contribution < -0.4 is 10.6 Å². The first-order valence-electron chi connectivity index (χ1n) is 5.71. The van der Waals surface area contributed by atoms with Crippen molar-refractivity contribution >= 4 is 11.6 Å². The summed E-state index contributed by atoms with van der Waals surface area (Å²) >= 11 is 0. The molecule has 0 radical (unpaired) electrons. The van der Waals surface area contributed by atoms with E-state index in [1.54, 1.807) is 25.4 Å². The highest BCUT2D eigenvalue weighted by atomic mass is 19.1. The Hall–Kier alpha value is -2.34. The lowest BCUT2D eigenvalue weighted by Gasteiger charge is -2.07. The van der Waals surface area contributed by atoms with Crippen LogP contribution in [0.2, 0.25) is 0 Å². The summed E-state index contributed by atoms with van der Waals surface area (Å²) in [6.45, 7) is 0.132. The van der Waals surface area contributed by atoms with E-state index in [1.807, 2.05) is 0 Å². The van der Waals surface area contributed by atoms with Gasteiger partial charge in [0, 0.05) is 11.8 Å². The van der Waals surface area contributed by atoms with Crippen molar-refractivity contribution in [2.75, 3.05) is 18.9 Å². The molecule has 0 aliphatic carbocycles. The van der Waals surface area contributed by atoms with Gasteiger partial charge in [-0.15, -0.1) is 0 Å². The lowest BCUT2D eigenvalue weighted by molar-refractivity contribution is -0.115. The normalized spacial score (nSPS) is 10.2. The highest BCUT2D eigenvalue weighted by Crippen LogP contribution is 2.22. The summed E-state index contributed by atoms with van der Waals surface area (Å²) in [7, 11) is 1.65. The Bertz CT molecular complexity index is 574. The molecule has 1 aromatic carbocycles. The van der Waals surface area contributed by atoms with Crippen molar-refractivity contribution in [3.8, 4) is 11.3 Å². The van der Waals surface area contributed by atoms with E-state index in [4.69, 9.17) is 0 Å². The Morgan fingerprint density at radius 2 is 2.21 bits per heavy atom. The minimum Gasteiger partial charge on any atom is -0.322 e. The minimum atomic E-state index is -0.499. The van der Waals surface area contributed by atoms with Crippen LogP contribution in [0.5, 0.6) is 0 Å². The number of benzene rings is 1. The summed E-state index contributed by atoms with van der Waals surface area (Å²) in [6.07, 6.45) is 2.98. The fraction of sp³-hybridized carbons (Fsp3) is 0.154. The fourth-order valence-electron chi connectivity index (χ4n) is 1.59. The summed E-state index contributed by atoms with van der Waals surface area (Å²) in [5.74, 6) is -0.795. The number of halogens is 1. The Morgan fingerprint density at radius 3 is 2.84 bits per heavy atom. The zero-order valence-electron chi connectivity index (χ0n) is 10.4. The van der Waals surface area contributed by atoms with Gasteiger partial charge in [0.05, 0.1) is 17.9 Å². The highest BCUT2D eigenvalue weighted by Gasteiger charge is 2.08. The fourth-order valence-corrected chi connectivity index (χ4v) is 1.59. The van der Waals surface area contributed by atoms with Crippen LogP contribution in [0.1, 0.15) is 0 Å². The molecule has 6 heteroatoms. The molecule has 0 spiro atoms. The van der Waals surface area contributed by atoms with Gasteiger partial charge in [-0.2, -0.15) is 0 Å². The molecule has 19 heavy (non-hydrogen) atoms.